The number of hydrogen-bond acceptors (Lipinski definition) is 3. The number of nitrogens with two attached hydrogens (primary N) is 1. The highest BCUT2D eigenvalue weighted by atomic mass is 19.1. The first-order valence-electron chi connectivity index (χ1n) is 5.88. The molecule has 2 rings (SSSR count). The highest BCUT2D eigenvalue weighted by Crippen LogP contribution is 2.23. The quantitative estimate of drug-likeness (QED) is 0.693. The first kappa shape index (κ1) is 14.0. The Hall–Kier alpha value is -2.43. The number of methoxy groups -OCH3 is 1. The summed E-state index contributed by atoms with van der Waals surface area (Å²) < 4.78 is 32.3. The van der Waals surface area contributed by atoms with E-state index in [1.54, 1.807) is 0 Å². The molecule has 0 heterocycles. The van der Waals surface area contributed by atoms with Crippen LogP contribution in [0.4, 0.5) is 14.5 Å². The Labute approximate surface area is 115 Å². The average Bonchev–Trinajstić information content (AvgIpc) is 2.43. The summed E-state index contributed by atoms with van der Waals surface area (Å²) in [5, 5.41) is 0. The van der Waals surface area contributed by atoms with Gasteiger partial charge < -0.3 is 10.5 Å². The van der Waals surface area contributed by atoms with Gasteiger partial charge in [-0.15, -0.1) is 0 Å². The summed E-state index contributed by atoms with van der Waals surface area (Å²) in [6, 6.07) is 6.25. The van der Waals surface area contributed by atoms with Crippen molar-refractivity contribution >= 4 is 11.5 Å². The largest absolute Gasteiger partial charge is 0.497 e. The van der Waals surface area contributed by atoms with Crippen molar-refractivity contribution in [3.8, 4) is 5.75 Å². The molecule has 0 saturated carbocycles. The fourth-order valence-corrected chi connectivity index (χ4v) is 1.79. The zero-order valence-corrected chi connectivity index (χ0v) is 11.0. The molecule has 0 aromatic heterocycles. The van der Waals surface area contributed by atoms with Gasteiger partial charge in [0, 0.05) is 22.9 Å². The van der Waals surface area contributed by atoms with Crippen molar-refractivity contribution in [3.63, 3.8) is 0 Å². The molecular weight excluding hydrogens is 264 g/mol. The first-order valence-corrected chi connectivity index (χ1v) is 5.88. The van der Waals surface area contributed by atoms with Crippen molar-refractivity contribution in [3.05, 3.63) is 58.7 Å². The lowest BCUT2D eigenvalue weighted by Gasteiger charge is -2.08. The van der Waals surface area contributed by atoms with Gasteiger partial charge in [0.2, 0.25) is 0 Å². The van der Waals surface area contributed by atoms with Gasteiger partial charge in [-0.25, -0.2) is 8.78 Å². The van der Waals surface area contributed by atoms with Crippen LogP contribution in [0.15, 0.2) is 30.3 Å². The zero-order valence-electron chi connectivity index (χ0n) is 11.0. The number of carbonyl (C=O) groups excluding carboxylic acids is 1. The predicted octanol–water partition coefficient (Wildman–Crippen LogP) is 3.10. The minimum atomic E-state index is -0.728. The topological polar surface area (TPSA) is 52.3 Å². The Bertz CT molecular complexity index is 661. The van der Waals surface area contributed by atoms with Gasteiger partial charge >= 0.3 is 0 Å². The van der Waals surface area contributed by atoms with E-state index < -0.39 is 17.4 Å². The molecule has 5 heteroatoms. The molecular formula is C15H13F2NO2. The van der Waals surface area contributed by atoms with Gasteiger partial charge in [0.1, 0.15) is 17.4 Å². The number of anilines is 1. The van der Waals surface area contributed by atoms with Gasteiger partial charge in [0.25, 0.3) is 0 Å². The lowest BCUT2D eigenvalue weighted by molar-refractivity contribution is 0.103. The van der Waals surface area contributed by atoms with Gasteiger partial charge in [-0.3, -0.25) is 4.79 Å². The summed E-state index contributed by atoms with van der Waals surface area (Å²) in [7, 11) is 1.40. The Morgan fingerprint density at radius 1 is 1.15 bits per heavy atom. The number of carbonyl (C=O) groups is 1. The standard InChI is InChI=1S/C15H13F2NO2/c1-8-12(16)5-9(6-14(8)18)15(19)11-4-3-10(20-2)7-13(11)17/h3-7H,18H2,1-2H3. The van der Waals surface area contributed by atoms with E-state index >= 15 is 0 Å². The summed E-state index contributed by atoms with van der Waals surface area (Å²) in [6.45, 7) is 1.51. The zero-order chi connectivity index (χ0) is 14.9. The first-order chi connectivity index (χ1) is 9.43. The molecule has 0 saturated heterocycles. The third-order valence-corrected chi connectivity index (χ3v) is 3.07. The normalized spacial score (nSPS) is 10.4. The van der Waals surface area contributed by atoms with Crippen molar-refractivity contribution in [2.45, 2.75) is 6.92 Å². The molecule has 2 N–H and O–H groups in total. The van der Waals surface area contributed by atoms with Crippen LogP contribution in [-0.2, 0) is 0 Å². The maximum absolute atomic E-state index is 13.8. The second-order valence-corrected chi connectivity index (χ2v) is 4.35. The molecule has 0 aliphatic heterocycles. The van der Waals surface area contributed by atoms with Crippen LogP contribution in [0, 0.1) is 18.6 Å². The highest BCUT2D eigenvalue weighted by molar-refractivity contribution is 6.09. The molecule has 0 atom stereocenters. The monoisotopic (exact) mass is 277 g/mol. The van der Waals surface area contributed by atoms with Crippen LogP contribution in [0.5, 0.6) is 5.75 Å². The second kappa shape index (κ2) is 5.28. The van der Waals surface area contributed by atoms with Crippen molar-refractivity contribution in [1.29, 1.82) is 0 Å². The Kier molecular flexibility index (Phi) is 3.70. The summed E-state index contributed by atoms with van der Waals surface area (Å²) in [5.41, 5.74) is 5.88. The SMILES string of the molecule is COc1ccc(C(=O)c2cc(N)c(C)c(F)c2)c(F)c1. The number of nitrogen functional groups attached to an aromatic ring is 1. The van der Waals surface area contributed by atoms with Crippen molar-refractivity contribution < 1.29 is 18.3 Å². The average molecular weight is 277 g/mol. The van der Waals surface area contributed by atoms with E-state index in [1.165, 1.54) is 32.2 Å². The summed E-state index contributed by atoms with van der Waals surface area (Å²) >= 11 is 0. The van der Waals surface area contributed by atoms with Gasteiger partial charge in [-0.2, -0.15) is 0 Å². The highest BCUT2D eigenvalue weighted by Gasteiger charge is 2.17. The number of hydrogen-bond donors (Lipinski definition) is 1. The van der Waals surface area contributed by atoms with Gasteiger partial charge in [0.15, 0.2) is 5.78 Å². The predicted molar refractivity (Wildman–Crippen MR) is 71.9 cm³/mol. The molecule has 0 bridgehead atoms. The lowest BCUT2D eigenvalue weighted by Crippen LogP contribution is -2.07. The van der Waals surface area contributed by atoms with E-state index in [-0.39, 0.29) is 22.4 Å². The van der Waals surface area contributed by atoms with E-state index in [2.05, 4.69) is 0 Å². The van der Waals surface area contributed by atoms with Crippen LogP contribution >= 0.6 is 0 Å². The molecule has 0 fully saturated rings. The minimum Gasteiger partial charge on any atom is -0.497 e. The van der Waals surface area contributed by atoms with E-state index in [0.717, 1.165) is 12.1 Å². The Balaban J connectivity index is 2.46. The molecule has 0 amide bonds. The lowest BCUT2D eigenvalue weighted by atomic mass is 10.0. The number of ketones is 1. The fraction of sp³-hybridized carbons (Fsp3) is 0.133. The maximum atomic E-state index is 13.8. The van der Waals surface area contributed by atoms with Crippen LogP contribution in [0.25, 0.3) is 0 Å². The van der Waals surface area contributed by atoms with Crippen LogP contribution in [-0.4, -0.2) is 12.9 Å². The number of rotatable bonds is 3. The van der Waals surface area contributed by atoms with Gasteiger partial charge in [-0.1, -0.05) is 0 Å². The molecule has 0 aliphatic carbocycles. The molecule has 20 heavy (non-hydrogen) atoms. The van der Waals surface area contributed by atoms with E-state index in [9.17, 15) is 13.6 Å². The van der Waals surface area contributed by atoms with Crippen LogP contribution in [0.1, 0.15) is 21.5 Å². The van der Waals surface area contributed by atoms with Crippen LogP contribution in [0.2, 0.25) is 0 Å². The molecule has 104 valence electrons. The third-order valence-electron chi connectivity index (χ3n) is 3.07. The summed E-state index contributed by atoms with van der Waals surface area (Å²) in [6.07, 6.45) is 0. The van der Waals surface area contributed by atoms with Crippen molar-refractivity contribution in [2.75, 3.05) is 12.8 Å². The maximum Gasteiger partial charge on any atom is 0.196 e. The molecule has 0 unspecified atom stereocenters. The van der Waals surface area contributed by atoms with Gasteiger partial charge in [0.05, 0.1) is 12.7 Å². The van der Waals surface area contributed by atoms with Gasteiger partial charge in [-0.05, 0) is 31.2 Å². The number of ether oxygens (including phenoxy) is 1. The summed E-state index contributed by atoms with van der Waals surface area (Å²) in [4.78, 5) is 12.2. The molecule has 0 aliphatic rings. The minimum absolute atomic E-state index is 0.00895. The number of benzene rings is 2. The molecule has 2 aromatic rings. The smallest absolute Gasteiger partial charge is 0.196 e. The van der Waals surface area contributed by atoms with Crippen LogP contribution < -0.4 is 10.5 Å². The van der Waals surface area contributed by atoms with E-state index in [0.29, 0.717) is 5.75 Å². The Morgan fingerprint density at radius 2 is 1.85 bits per heavy atom. The van der Waals surface area contributed by atoms with Crippen LogP contribution in [0.3, 0.4) is 0 Å². The molecule has 2 aromatic carbocycles. The van der Waals surface area contributed by atoms with Crippen molar-refractivity contribution in [2.24, 2.45) is 0 Å². The van der Waals surface area contributed by atoms with E-state index in [4.69, 9.17) is 10.5 Å². The fourth-order valence-electron chi connectivity index (χ4n) is 1.79. The van der Waals surface area contributed by atoms with E-state index in [1.807, 2.05) is 0 Å². The second-order valence-electron chi connectivity index (χ2n) is 4.35. The molecule has 0 spiro atoms. The molecule has 0 radical (unpaired) electrons. The Morgan fingerprint density at radius 3 is 2.40 bits per heavy atom. The molecule has 3 nitrogen and oxygen atoms in total. The number of halogens is 2. The van der Waals surface area contributed by atoms with Crippen molar-refractivity contribution in [1.82, 2.24) is 0 Å². The summed E-state index contributed by atoms with van der Waals surface area (Å²) in [5.74, 6) is -1.65. The third kappa shape index (κ3) is 2.47.